The highest BCUT2D eigenvalue weighted by molar-refractivity contribution is 6.90. The number of benzene rings is 2. The van der Waals surface area contributed by atoms with Gasteiger partial charge in [-0.1, -0.05) is 53.5 Å². The first-order chi connectivity index (χ1) is 18.9. The number of aromatic amines is 2. The summed E-state index contributed by atoms with van der Waals surface area (Å²) in [7, 11) is -0.772. The summed E-state index contributed by atoms with van der Waals surface area (Å²) in [4.78, 5) is 32.8. The summed E-state index contributed by atoms with van der Waals surface area (Å²) in [6.07, 6.45) is 1.18. The maximum atomic E-state index is 16.0. The summed E-state index contributed by atoms with van der Waals surface area (Å²) in [5, 5.41) is 0.792. The molecule has 0 saturated carbocycles. The number of H-pyrrole nitrogens is 2. The van der Waals surface area contributed by atoms with Gasteiger partial charge in [-0.25, -0.2) is 13.6 Å². The predicted molar refractivity (Wildman–Crippen MR) is 156 cm³/mol. The minimum absolute atomic E-state index is 0.0690. The molecule has 210 valence electrons. The molecule has 40 heavy (non-hydrogen) atoms. The van der Waals surface area contributed by atoms with Crippen LogP contribution in [0.4, 0.5) is 8.78 Å². The third kappa shape index (κ3) is 5.07. The number of hydrogen-bond acceptors (Lipinski definition) is 5. The molecule has 0 radical (unpaired) electrons. The molecule has 0 amide bonds. The third-order valence-electron chi connectivity index (χ3n) is 7.64. The van der Waals surface area contributed by atoms with Crippen LogP contribution in [0.25, 0.3) is 32.9 Å². The summed E-state index contributed by atoms with van der Waals surface area (Å²) in [5.74, 6) is 2.06. The monoisotopic (exact) mass is 565 g/mol. The molecule has 0 aliphatic heterocycles. The van der Waals surface area contributed by atoms with E-state index < -0.39 is 31.0 Å². The second-order valence-electron chi connectivity index (χ2n) is 10.8. The standard InChI is InChI=1S/C30H33F2N3O4Si/c1-16(2)40(17(3)4,18(5)6)11-10-21-24(31)9-8-19-12-20(39-15-38-7)13-22(25(19)21)27-26(32)28-23(14-33-27)29(36)35-30(37)34-28/h8-9,12-14,16-18H,15H2,1-7H3,(H2,34,35,36,37). The lowest BCUT2D eigenvalue weighted by molar-refractivity contribution is 0.0512. The maximum Gasteiger partial charge on any atom is 0.326 e. The van der Waals surface area contributed by atoms with Crippen LogP contribution in [-0.2, 0) is 4.74 Å². The summed E-state index contributed by atoms with van der Waals surface area (Å²) in [5.41, 5.74) is 2.75. The van der Waals surface area contributed by atoms with Crippen LogP contribution < -0.4 is 16.0 Å². The molecule has 0 aliphatic carbocycles. The van der Waals surface area contributed by atoms with Crippen molar-refractivity contribution in [3.8, 4) is 28.5 Å². The fourth-order valence-electron chi connectivity index (χ4n) is 5.82. The van der Waals surface area contributed by atoms with Crippen LogP contribution in [-0.4, -0.2) is 36.9 Å². The number of nitrogens with zero attached hydrogens (tertiary/aromatic N) is 1. The van der Waals surface area contributed by atoms with E-state index >= 15 is 8.78 Å². The third-order valence-corrected chi connectivity index (χ3v) is 13.9. The number of ether oxygens (including phenoxy) is 2. The number of fused-ring (bicyclic) bond motifs is 2. The van der Waals surface area contributed by atoms with Gasteiger partial charge < -0.3 is 14.5 Å². The maximum absolute atomic E-state index is 16.0. The van der Waals surface area contributed by atoms with Gasteiger partial charge in [0.05, 0.1) is 16.5 Å². The van der Waals surface area contributed by atoms with Crippen molar-refractivity contribution in [1.82, 2.24) is 15.0 Å². The fourth-order valence-corrected chi connectivity index (χ4v) is 11.0. The lowest BCUT2D eigenvalue weighted by atomic mass is 9.96. The molecule has 2 aromatic heterocycles. The van der Waals surface area contributed by atoms with Crippen molar-refractivity contribution in [1.29, 1.82) is 0 Å². The van der Waals surface area contributed by atoms with Gasteiger partial charge in [0.2, 0.25) is 0 Å². The van der Waals surface area contributed by atoms with Crippen molar-refractivity contribution in [2.24, 2.45) is 0 Å². The molecule has 2 aromatic carbocycles. The van der Waals surface area contributed by atoms with E-state index in [9.17, 15) is 9.59 Å². The first-order valence-electron chi connectivity index (χ1n) is 13.1. The molecule has 7 nitrogen and oxygen atoms in total. The van der Waals surface area contributed by atoms with Crippen LogP contribution in [0.5, 0.6) is 5.75 Å². The van der Waals surface area contributed by atoms with E-state index in [-0.39, 0.29) is 34.5 Å². The highest BCUT2D eigenvalue weighted by Crippen LogP contribution is 2.42. The zero-order valence-electron chi connectivity index (χ0n) is 23.7. The number of nitrogens with one attached hydrogen (secondary N) is 2. The van der Waals surface area contributed by atoms with Crippen LogP contribution in [0.3, 0.4) is 0 Å². The molecule has 2 heterocycles. The number of methoxy groups -OCH3 is 1. The van der Waals surface area contributed by atoms with Crippen molar-refractivity contribution in [2.45, 2.75) is 58.2 Å². The van der Waals surface area contributed by atoms with Gasteiger partial charge in [0.25, 0.3) is 5.56 Å². The number of halogens is 2. The molecule has 0 fully saturated rings. The van der Waals surface area contributed by atoms with Gasteiger partial charge in [0, 0.05) is 24.3 Å². The van der Waals surface area contributed by atoms with Crippen molar-refractivity contribution in [2.75, 3.05) is 13.9 Å². The fraction of sp³-hybridized carbons (Fsp3) is 0.367. The Morgan fingerprint density at radius 1 is 1.00 bits per heavy atom. The van der Waals surface area contributed by atoms with Crippen molar-refractivity contribution in [3.63, 3.8) is 0 Å². The first-order valence-corrected chi connectivity index (χ1v) is 15.4. The largest absolute Gasteiger partial charge is 0.468 e. The normalized spacial score (nSPS) is 12.0. The van der Waals surface area contributed by atoms with E-state index in [1.165, 1.54) is 25.4 Å². The topological polar surface area (TPSA) is 97.1 Å². The highest BCUT2D eigenvalue weighted by atomic mass is 28.3. The molecular formula is C30H33F2N3O4Si. The Kier molecular flexibility index (Phi) is 8.28. The van der Waals surface area contributed by atoms with Crippen molar-refractivity contribution < 1.29 is 18.3 Å². The Morgan fingerprint density at radius 3 is 2.30 bits per heavy atom. The lowest BCUT2D eigenvalue weighted by Crippen LogP contribution is -2.43. The van der Waals surface area contributed by atoms with E-state index in [1.54, 1.807) is 12.1 Å². The summed E-state index contributed by atoms with van der Waals surface area (Å²) < 4.78 is 42.3. The molecule has 4 rings (SSSR count). The second-order valence-corrected chi connectivity index (χ2v) is 16.4. The second kappa shape index (κ2) is 11.4. The summed E-state index contributed by atoms with van der Waals surface area (Å²) in [6.45, 7) is 12.9. The Balaban J connectivity index is 2.12. The first kappa shape index (κ1) is 29.2. The van der Waals surface area contributed by atoms with E-state index in [4.69, 9.17) is 9.47 Å². The van der Waals surface area contributed by atoms with Gasteiger partial charge in [-0.15, -0.1) is 5.54 Å². The molecule has 4 aromatic rings. The smallest absolute Gasteiger partial charge is 0.326 e. The number of hydrogen-bond donors (Lipinski definition) is 2. The zero-order chi connectivity index (χ0) is 29.4. The van der Waals surface area contributed by atoms with Gasteiger partial charge in [-0.2, -0.15) is 0 Å². The molecule has 0 bridgehead atoms. The molecular weight excluding hydrogens is 532 g/mol. The van der Waals surface area contributed by atoms with Gasteiger partial charge in [0.15, 0.2) is 12.6 Å². The summed E-state index contributed by atoms with van der Waals surface area (Å²) >= 11 is 0. The molecule has 10 heteroatoms. The van der Waals surface area contributed by atoms with E-state index in [2.05, 4.69) is 68.0 Å². The van der Waals surface area contributed by atoms with Crippen molar-refractivity contribution in [3.05, 3.63) is 68.5 Å². The Bertz CT molecular complexity index is 1750. The van der Waals surface area contributed by atoms with E-state index in [0.29, 0.717) is 33.1 Å². The van der Waals surface area contributed by atoms with Gasteiger partial charge in [-0.3, -0.25) is 14.8 Å². The number of rotatable bonds is 7. The van der Waals surface area contributed by atoms with Crippen LogP contribution in [0.2, 0.25) is 16.6 Å². The molecule has 0 saturated heterocycles. The molecule has 0 aliphatic rings. The average molecular weight is 566 g/mol. The van der Waals surface area contributed by atoms with Gasteiger partial charge in [0.1, 0.15) is 25.3 Å². The van der Waals surface area contributed by atoms with Crippen LogP contribution in [0.1, 0.15) is 47.1 Å². The number of pyridine rings is 1. The number of aromatic nitrogens is 3. The van der Waals surface area contributed by atoms with Crippen LogP contribution >= 0.6 is 0 Å². The zero-order valence-corrected chi connectivity index (χ0v) is 24.7. The summed E-state index contributed by atoms with van der Waals surface area (Å²) in [6, 6.07) is 6.14. The quantitative estimate of drug-likeness (QED) is 0.157. The molecule has 0 atom stereocenters. The molecule has 0 spiro atoms. The Labute approximate surface area is 232 Å². The van der Waals surface area contributed by atoms with Crippen LogP contribution in [0.15, 0.2) is 40.1 Å². The van der Waals surface area contributed by atoms with Crippen molar-refractivity contribution >= 4 is 29.7 Å². The Hall–Kier alpha value is -3.81. The minimum atomic E-state index is -2.24. The predicted octanol–water partition coefficient (Wildman–Crippen LogP) is 6.26. The molecule has 0 unspecified atom stereocenters. The SMILES string of the molecule is COCOc1cc(-c2ncc3c(=O)[nH]c(=O)[nH]c3c2F)c2c(C#C[Si](C(C)C)(C(C)C)C(C)C)c(F)ccc2c1. The average Bonchev–Trinajstić information content (AvgIpc) is 2.88. The van der Waals surface area contributed by atoms with Gasteiger partial charge >= 0.3 is 5.69 Å². The van der Waals surface area contributed by atoms with Crippen LogP contribution in [0, 0.1) is 23.1 Å². The minimum Gasteiger partial charge on any atom is -0.468 e. The lowest BCUT2D eigenvalue weighted by Gasteiger charge is -2.38. The highest BCUT2D eigenvalue weighted by Gasteiger charge is 2.41. The van der Waals surface area contributed by atoms with Gasteiger partial charge in [-0.05, 0) is 40.2 Å². The molecule has 2 N–H and O–H groups in total. The van der Waals surface area contributed by atoms with E-state index in [1.807, 2.05) is 0 Å². The van der Waals surface area contributed by atoms with E-state index in [0.717, 1.165) is 0 Å². The Morgan fingerprint density at radius 2 is 1.68 bits per heavy atom.